The number of hydrogen-bond acceptors (Lipinski definition) is 3. The van der Waals surface area contributed by atoms with E-state index < -0.39 is 0 Å². The molecule has 2 rings (SSSR count). The van der Waals surface area contributed by atoms with E-state index in [1.165, 1.54) is 0 Å². The molecule has 0 atom stereocenters. The van der Waals surface area contributed by atoms with Crippen molar-refractivity contribution in [2.75, 3.05) is 0 Å². The first-order valence-electron chi connectivity index (χ1n) is 5.97. The number of aryl methyl sites for hydroxylation is 1. The van der Waals surface area contributed by atoms with Crippen molar-refractivity contribution < 1.29 is 0 Å². The quantitative estimate of drug-likeness (QED) is 0.750. The molecule has 0 radical (unpaired) electrons. The van der Waals surface area contributed by atoms with Crippen LogP contribution in [-0.2, 0) is 5.41 Å². The third kappa shape index (κ3) is 2.74. The van der Waals surface area contributed by atoms with Crippen molar-refractivity contribution in [3.8, 4) is 5.82 Å². The van der Waals surface area contributed by atoms with Gasteiger partial charge in [0.25, 0.3) is 0 Å². The zero-order valence-corrected chi connectivity index (χ0v) is 13.1. The predicted molar refractivity (Wildman–Crippen MR) is 77.3 cm³/mol. The largest absolute Gasteiger partial charge is 0.220 e. The highest BCUT2D eigenvalue weighted by Crippen LogP contribution is 2.25. The standard InChI is InChI=1S/C13H16Cl2N4/c1-7-11(15)8(2)19(18-7)10-6-9(14)16-12(17-10)13(3,4)5/h6H,1-5H3. The van der Waals surface area contributed by atoms with Gasteiger partial charge in [-0.25, -0.2) is 14.6 Å². The van der Waals surface area contributed by atoms with Crippen molar-refractivity contribution in [3.05, 3.63) is 33.5 Å². The second-order valence-corrected chi connectivity index (χ2v) is 6.28. The molecule has 0 spiro atoms. The molecular formula is C13H16Cl2N4. The average molecular weight is 299 g/mol. The van der Waals surface area contributed by atoms with E-state index >= 15 is 0 Å². The van der Waals surface area contributed by atoms with Crippen LogP contribution in [-0.4, -0.2) is 19.7 Å². The van der Waals surface area contributed by atoms with Gasteiger partial charge in [-0.1, -0.05) is 44.0 Å². The van der Waals surface area contributed by atoms with Crippen LogP contribution < -0.4 is 0 Å². The highest BCUT2D eigenvalue weighted by molar-refractivity contribution is 6.31. The van der Waals surface area contributed by atoms with E-state index in [0.717, 1.165) is 11.4 Å². The minimum absolute atomic E-state index is 0.181. The van der Waals surface area contributed by atoms with Gasteiger partial charge in [-0.3, -0.25) is 0 Å². The minimum atomic E-state index is -0.181. The molecule has 2 aromatic heterocycles. The Morgan fingerprint density at radius 3 is 2.21 bits per heavy atom. The van der Waals surface area contributed by atoms with E-state index in [9.17, 15) is 0 Å². The predicted octanol–water partition coefficient (Wildman–Crippen LogP) is 3.88. The molecule has 0 aliphatic rings. The molecule has 2 heterocycles. The molecule has 0 saturated carbocycles. The molecule has 6 heteroatoms. The maximum Gasteiger partial charge on any atom is 0.158 e. The van der Waals surface area contributed by atoms with E-state index in [0.29, 0.717) is 21.8 Å². The molecule has 2 aromatic rings. The van der Waals surface area contributed by atoms with Gasteiger partial charge >= 0.3 is 0 Å². The Balaban J connectivity index is 2.63. The van der Waals surface area contributed by atoms with Gasteiger partial charge in [-0.15, -0.1) is 0 Å². The van der Waals surface area contributed by atoms with Crippen molar-refractivity contribution in [2.24, 2.45) is 0 Å². The van der Waals surface area contributed by atoms with E-state index in [2.05, 4.69) is 15.1 Å². The maximum atomic E-state index is 6.16. The van der Waals surface area contributed by atoms with Crippen molar-refractivity contribution >= 4 is 23.2 Å². The van der Waals surface area contributed by atoms with Gasteiger partial charge in [-0.2, -0.15) is 5.10 Å². The first-order chi connectivity index (χ1) is 8.70. The summed E-state index contributed by atoms with van der Waals surface area (Å²) < 4.78 is 1.69. The molecule has 19 heavy (non-hydrogen) atoms. The first kappa shape index (κ1) is 14.3. The summed E-state index contributed by atoms with van der Waals surface area (Å²) in [6.45, 7) is 9.87. The molecule has 0 fully saturated rings. The SMILES string of the molecule is Cc1nn(-c2cc(Cl)nc(C(C)(C)C)n2)c(C)c1Cl. The fraction of sp³-hybridized carbons (Fsp3) is 0.462. The first-order valence-corrected chi connectivity index (χ1v) is 6.73. The summed E-state index contributed by atoms with van der Waals surface area (Å²) in [5.74, 6) is 1.32. The number of halogens is 2. The summed E-state index contributed by atoms with van der Waals surface area (Å²) in [6.07, 6.45) is 0. The van der Waals surface area contributed by atoms with Crippen LogP contribution in [0.4, 0.5) is 0 Å². The molecule has 0 amide bonds. The summed E-state index contributed by atoms with van der Waals surface area (Å²) in [5, 5.41) is 5.43. The number of aromatic nitrogens is 4. The number of nitrogens with zero attached hydrogens (tertiary/aromatic N) is 4. The Kier molecular flexibility index (Phi) is 3.58. The Morgan fingerprint density at radius 2 is 1.74 bits per heavy atom. The van der Waals surface area contributed by atoms with E-state index in [4.69, 9.17) is 23.2 Å². The van der Waals surface area contributed by atoms with E-state index in [-0.39, 0.29) is 5.41 Å². The molecule has 0 aliphatic heterocycles. The van der Waals surface area contributed by atoms with Gasteiger partial charge in [0, 0.05) is 11.5 Å². The Bertz CT molecular complexity index is 626. The van der Waals surface area contributed by atoms with E-state index in [1.54, 1.807) is 10.7 Å². The van der Waals surface area contributed by atoms with Gasteiger partial charge < -0.3 is 0 Å². The highest BCUT2D eigenvalue weighted by Gasteiger charge is 2.20. The Hall–Kier alpha value is -1.13. The molecule has 102 valence electrons. The summed E-state index contributed by atoms with van der Waals surface area (Å²) in [7, 11) is 0. The third-order valence-electron chi connectivity index (χ3n) is 2.77. The zero-order chi connectivity index (χ0) is 14.4. The van der Waals surface area contributed by atoms with Gasteiger partial charge in [-0.05, 0) is 13.8 Å². The van der Waals surface area contributed by atoms with Crippen LogP contribution in [0.1, 0.15) is 38.0 Å². The second-order valence-electron chi connectivity index (χ2n) is 5.52. The Morgan fingerprint density at radius 1 is 1.11 bits per heavy atom. The van der Waals surface area contributed by atoms with Crippen LogP contribution in [0, 0.1) is 13.8 Å². The zero-order valence-electron chi connectivity index (χ0n) is 11.6. The van der Waals surface area contributed by atoms with E-state index in [1.807, 2.05) is 34.6 Å². The smallest absolute Gasteiger partial charge is 0.158 e. The van der Waals surface area contributed by atoms with Crippen LogP contribution in [0.2, 0.25) is 10.2 Å². The minimum Gasteiger partial charge on any atom is -0.220 e. The number of hydrogen-bond donors (Lipinski definition) is 0. The molecule has 4 nitrogen and oxygen atoms in total. The van der Waals surface area contributed by atoms with Crippen LogP contribution >= 0.6 is 23.2 Å². The van der Waals surface area contributed by atoms with Crippen molar-refractivity contribution in [1.82, 2.24) is 19.7 Å². The molecular weight excluding hydrogens is 283 g/mol. The second kappa shape index (κ2) is 4.76. The lowest BCUT2D eigenvalue weighted by molar-refractivity contribution is 0.541. The topological polar surface area (TPSA) is 43.6 Å². The molecule has 0 unspecified atom stereocenters. The monoisotopic (exact) mass is 298 g/mol. The van der Waals surface area contributed by atoms with Crippen LogP contribution in [0.3, 0.4) is 0 Å². The van der Waals surface area contributed by atoms with Gasteiger partial charge in [0.2, 0.25) is 0 Å². The Labute approximate surface area is 122 Å². The summed E-state index contributed by atoms with van der Waals surface area (Å²) in [5.41, 5.74) is 1.43. The van der Waals surface area contributed by atoms with Crippen LogP contribution in [0.5, 0.6) is 0 Å². The van der Waals surface area contributed by atoms with Gasteiger partial charge in [0.05, 0.1) is 16.4 Å². The van der Waals surface area contributed by atoms with Gasteiger partial charge in [0.1, 0.15) is 11.0 Å². The van der Waals surface area contributed by atoms with Crippen molar-refractivity contribution in [2.45, 2.75) is 40.0 Å². The highest BCUT2D eigenvalue weighted by atomic mass is 35.5. The van der Waals surface area contributed by atoms with Crippen molar-refractivity contribution in [1.29, 1.82) is 0 Å². The van der Waals surface area contributed by atoms with Crippen molar-refractivity contribution in [3.63, 3.8) is 0 Å². The molecule has 0 N–H and O–H groups in total. The average Bonchev–Trinajstić information content (AvgIpc) is 2.55. The molecule has 0 aliphatic carbocycles. The molecule has 0 bridgehead atoms. The fourth-order valence-electron chi connectivity index (χ4n) is 1.70. The summed E-state index contributed by atoms with van der Waals surface area (Å²) in [6, 6.07) is 1.69. The molecule has 0 aromatic carbocycles. The molecule has 0 saturated heterocycles. The lowest BCUT2D eigenvalue weighted by atomic mass is 9.96. The maximum absolute atomic E-state index is 6.16. The summed E-state index contributed by atoms with van der Waals surface area (Å²) in [4.78, 5) is 8.81. The summed E-state index contributed by atoms with van der Waals surface area (Å²) >= 11 is 12.2. The fourth-order valence-corrected chi connectivity index (χ4v) is 1.99. The lowest BCUT2D eigenvalue weighted by Gasteiger charge is -2.17. The van der Waals surface area contributed by atoms with Gasteiger partial charge in [0.15, 0.2) is 5.82 Å². The number of rotatable bonds is 1. The third-order valence-corrected chi connectivity index (χ3v) is 3.51. The van der Waals surface area contributed by atoms with Crippen LogP contribution in [0.15, 0.2) is 6.07 Å². The van der Waals surface area contributed by atoms with Crippen LogP contribution in [0.25, 0.3) is 5.82 Å². The normalized spacial score (nSPS) is 11.9. The lowest BCUT2D eigenvalue weighted by Crippen LogP contribution is -2.18.